The zero-order valence-electron chi connectivity index (χ0n) is 15.1. The minimum absolute atomic E-state index is 0.181. The lowest BCUT2D eigenvalue weighted by Gasteiger charge is -2.08. The fourth-order valence-corrected chi connectivity index (χ4v) is 3.11. The van der Waals surface area contributed by atoms with Gasteiger partial charge in [-0.05, 0) is 50.1 Å². The molecule has 26 heavy (non-hydrogen) atoms. The van der Waals surface area contributed by atoms with Gasteiger partial charge >= 0.3 is 0 Å². The second kappa shape index (κ2) is 8.10. The summed E-state index contributed by atoms with van der Waals surface area (Å²) < 4.78 is 5.84. The maximum Gasteiger partial charge on any atom is 0.257 e. The van der Waals surface area contributed by atoms with Crippen molar-refractivity contribution >= 4 is 22.4 Å². The summed E-state index contributed by atoms with van der Waals surface area (Å²) in [5.74, 6) is 0.710. The molecule has 1 amide bonds. The van der Waals surface area contributed by atoms with Gasteiger partial charge in [0.2, 0.25) is 5.13 Å². The molecule has 1 aromatic heterocycles. The molecule has 0 aliphatic heterocycles. The molecule has 0 aliphatic rings. The first-order chi connectivity index (χ1) is 12.5. The smallest absolute Gasteiger partial charge is 0.257 e. The van der Waals surface area contributed by atoms with Gasteiger partial charge in [-0.15, -0.1) is 10.2 Å². The van der Waals surface area contributed by atoms with Crippen LogP contribution in [0.3, 0.4) is 0 Å². The molecule has 0 saturated carbocycles. The molecule has 0 unspecified atom stereocenters. The normalized spacial score (nSPS) is 10.6. The first kappa shape index (κ1) is 18.1. The number of benzene rings is 2. The molecule has 0 radical (unpaired) electrons. The molecule has 0 fully saturated rings. The lowest BCUT2D eigenvalue weighted by atomic mass is 10.1. The van der Waals surface area contributed by atoms with E-state index >= 15 is 0 Å². The van der Waals surface area contributed by atoms with E-state index in [0.29, 0.717) is 23.7 Å². The van der Waals surface area contributed by atoms with Gasteiger partial charge in [0.1, 0.15) is 10.8 Å². The van der Waals surface area contributed by atoms with Crippen molar-refractivity contribution in [1.82, 2.24) is 10.2 Å². The molecule has 1 N–H and O–H groups in total. The third-order valence-corrected chi connectivity index (χ3v) is 4.82. The minimum atomic E-state index is -0.181. The van der Waals surface area contributed by atoms with Crippen molar-refractivity contribution in [2.45, 2.75) is 27.2 Å². The van der Waals surface area contributed by atoms with E-state index in [0.717, 1.165) is 21.9 Å². The van der Waals surface area contributed by atoms with Gasteiger partial charge in [-0.25, -0.2) is 0 Å². The highest BCUT2D eigenvalue weighted by Gasteiger charge is 2.10. The summed E-state index contributed by atoms with van der Waals surface area (Å²) in [6, 6.07) is 13.6. The molecule has 5 nitrogen and oxygen atoms in total. The molecule has 134 valence electrons. The van der Waals surface area contributed by atoms with Crippen LogP contribution < -0.4 is 10.1 Å². The van der Waals surface area contributed by atoms with Crippen molar-refractivity contribution in [3.8, 4) is 5.75 Å². The first-order valence-corrected chi connectivity index (χ1v) is 9.23. The van der Waals surface area contributed by atoms with Crippen LogP contribution in [0.25, 0.3) is 0 Å². The summed E-state index contributed by atoms with van der Waals surface area (Å²) in [6.07, 6.45) is 0.644. The van der Waals surface area contributed by atoms with Crippen LogP contribution in [0.1, 0.15) is 32.1 Å². The van der Waals surface area contributed by atoms with Gasteiger partial charge in [-0.1, -0.05) is 41.2 Å². The second-order valence-corrected chi connectivity index (χ2v) is 7.25. The fraction of sp³-hybridized carbons (Fsp3) is 0.250. The largest absolute Gasteiger partial charge is 0.493 e. The highest BCUT2D eigenvalue weighted by Crippen LogP contribution is 2.21. The molecule has 0 saturated heterocycles. The van der Waals surface area contributed by atoms with E-state index in [-0.39, 0.29) is 5.91 Å². The van der Waals surface area contributed by atoms with E-state index in [9.17, 15) is 4.79 Å². The third kappa shape index (κ3) is 4.67. The van der Waals surface area contributed by atoms with Gasteiger partial charge in [-0.3, -0.25) is 10.1 Å². The van der Waals surface area contributed by atoms with Crippen LogP contribution in [-0.4, -0.2) is 22.7 Å². The quantitative estimate of drug-likeness (QED) is 0.704. The fourth-order valence-electron chi connectivity index (χ4n) is 2.39. The SMILES string of the molecule is Cc1ccc(C(=O)Nc2nnc(CCOc3cc(C)ccc3C)s2)cc1. The van der Waals surface area contributed by atoms with Gasteiger partial charge < -0.3 is 4.74 Å². The van der Waals surface area contributed by atoms with Crippen LogP contribution in [0.2, 0.25) is 0 Å². The Kier molecular flexibility index (Phi) is 5.63. The maximum atomic E-state index is 12.2. The minimum Gasteiger partial charge on any atom is -0.493 e. The number of nitrogens with zero attached hydrogens (tertiary/aromatic N) is 2. The number of aromatic nitrogens is 2. The average molecular weight is 367 g/mol. The zero-order chi connectivity index (χ0) is 18.5. The molecule has 6 heteroatoms. The highest BCUT2D eigenvalue weighted by molar-refractivity contribution is 7.15. The maximum absolute atomic E-state index is 12.2. The van der Waals surface area contributed by atoms with Crippen molar-refractivity contribution < 1.29 is 9.53 Å². The molecular formula is C20H21N3O2S. The van der Waals surface area contributed by atoms with E-state index < -0.39 is 0 Å². The Balaban J connectivity index is 1.54. The van der Waals surface area contributed by atoms with Crippen molar-refractivity contribution in [2.24, 2.45) is 0 Å². The van der Waals surface area contributed by atoms with Gasteiger partial charge in [0.25, 0.3) is 5.91 Å². The lowest BCUT2D eigenvalue weighted by molar-refractivity contribution is 0.102. The van der Waals surface area contributed by atoms with Crippen molar-refractivity contribution in [3.05, 3.63) is 69.7 Å². The Morgan fingerprint density at radius 3 is 2.54 bits per heavy atom. The van der Waals surface area contributed by atoms with Crippen molar-refractivity contribution in [3.63, 3.8) is 0 Å². The molecule has 2 aromatic carbocycles. The van der Waals surface area contributed by atoms with Gasteiger partial charge in [-0.2, -0.15) is 0 Å². The second-order valence-electron chi connectivity index (χ2n) is 6.19. The standard InChI is InChI=1S/C20H21N3O2S/c1-13-5-8-16(9-6-13)19(24)21-20-23-22-18(26-20)10-11-25-17-12-14(2)4-7-15(17)3/h4-9,12H,10-11H2,1-3H3,(H,21,23,24). The Morgan fingerprint density at radius 1 is 1.04 bits per heavy atom. The van der Waals surface area contributed by atoms with Crippen LogP contribution in [-0.2, 0) is 6.42 Å². The monoisotopic (exact) mass is 367 g/mol. The summed E-state index contributed by atoms with van der Waals surface area (Å²) in [4.78, 5) is 12.2. The molecule has 1 heterocycles. The summed E-state index contributed by atoms with van der Waals surface area (Å²) in [5.41, 5.74) is 4.00. The Bertz CT molecular complexity index is 904. The Hall–Kier alpha value is -2.73. The van der Waals surface area contributed by atoms with E-state index in [4.69, 9.17) is 4.74 Å². The average Bonchev–Trinajstić information content (AvgIpc) is 3.06. The zero-order valence-corrected chi connectivity index (χ0v) is 15.9. The van der Waals surface area contributed by atoms with Gasteiger partial charge in [0.15, 0.2) is 0 Å². The Morgan fingerprint density at radius 2 is 1.77 bits per heavy atom. The number of rotatable bonds is 6. The van der Waals surface area contributed by atoms with E-state index in [1.165, 1.54) is 16.9 Å². The summed E-state index contributed by atoms with van der Waals surface area (Å²) in [6.45, 7) is 6.57. The number of carbonyl (C=O) groups excluding carboxylic acids is 1. The van der Waals surface area contributed by atoms with E-state index in [1.807, 2.05) is 45.0 Å². The van der Waals surface area contributed by atoms with Crippen LogP contribution in [0.4, 0.5) is 5.13 Å². The molecular weight excluding hydrogens is 346 g/mol. The molecule has 0 bridgehead atoms. The lowest BCUT2D eigenvalue weighted by Crippen LogP contribution is -2.11. The predicted octanol–water partition coefficient (Wildman–Crippen LogP) is 4.34. The van der Waals surface area contributed by atoms with E-state index in [1.54, 1.807) is 12.1 Å². The topological polar surface area (TPSA) is 64.1 Å². The molecule has 0 spiro atoms. The summed E-state index contributed by atoms with van der Waals surface area (Å²) in [7, 11) is 0. The number of hydrogen-bond acceptors (Lipinski definition) is 5. The molecule has 3 rings (SSSR count). The number of carbonyl (C=O) groups is 1. The molecule has 0 aliphatic carbocycles. The van der Waals surface area contributed by atoms with Gasteiger partial charge in [0, 0.05) is 12.0 Å². The number of amides is 1. The first-order valence-electron chi connectivity index (χ1n) is 8.42. The van der Waals surface area contributed by atoms with Crippen LogP contribution in [0.5, 0.6) is 5.75 Å². The molecule has 0 atom stereocenters. The number of hydrogen-bond donors (Lipinski definition) is 1. The third-order valence-electron chi connectivity index (χ3n) is 3.92. The number of ether oxygens (including phenoxy) is 1. The van der Waals surface area contributed by atoms with Gasteiger partial charge in [0.05, 0.1) is 6.61 Å². The van der Waals surface area contributed by atoms with Crippen molar-refractivity contribution in [2.75, 3.05) is 11.9 Å². The van der Waals surface area contributed by atoms with Crippen molar-refractivity contribution in [1.29, 1.82) is 0 Å². The number of anilines is 1. The predicted molar refractivity (Wildman–Crippen MR) is 104 cm³/mol. The number of nitrogens with one attached hydrogen (secondary N) is 1. The summed E-state index contributed by atoms with van der Waals surface area (Å²) in [5, 5.41) is 12.3. The highest BCUT2D eigenvalue weighted by atomic mass is 32.1. The van der Waals surface area contributed by atoms with E-state index in [2.05, 4.69) is 21.6 Å². The van der Waals surface area contributed by atoms with Crippen LogP contribution in [0.15, 0.2) is 42.5 Å². The van der Waals surface area contributed by atoms with Crippen LogP contribution >= 0.6 is 11.3 Å². The summed E-state index contributed by atoms with van der Waals surface area (Å²) >= 11 is 1.37. The molecule has 3 aromatic rings. The van der Waals surface area contributed by atoms with Crippen LogP contribution in [0, 0.1) is 20.8 Å². The number of aryl methyl sites for hydroxylation is 3. The Labute approximate surface area is 157 Å².